The zero-order valence-electron chi connectivity index (χ0n) is 8.13. The molecule has 3 unspecified atom stereocenters. The Morgan fingerprint density at radius 3 is 2.18 bits per heavy atom. The van der Waals surface area contributed by atoms with E-state index in [0.717, 1.165) is 11.8 Å². The third-order valence-electron chi connectivity index (χ3n) is 2.84. The van der Waals surface area contributed by atoms with Gasteiger partial charge < -0.3 is 4.74 Å². The molecule has 0 aromatic rings. The Morgan fingerprint density at radius 2 is 1.82 bits per heavy atom. The van der Waals surface area contributed by atoms with Crippen LogP contribution < -0.4 is 0 Å². The Kier molecular flexibility index (Phi) is 2.94. The van der Waals surface area contributed by atoms with Crippen molar-refractivity contribution in [1.82, 2.24) is 0 Å². The molecule has 0 spiro atoms. The highest BCUT2D eigenvalue weighted by Gasteiger charge is 2.30. The molecule has 0 N–H and O–H groups in total. The van der Waals surface area contributed by atoms with E-state index in [2.05, 4.69) is 27.7 Å². The van der Waals surface area contributed by atoms with Gasteiger partial charge in [0.1, 0.15) is 0 Å². The quantitative estimate of drug-likeness (QED) is 0.597. The lowest BCUT2D eigenvalue weighted by Crippen LogP contribution is -2.21. The summed E-state index contributed by atoms with van der Waals surface area (Å²) in [6, 6.07) is 0. The van der Waals surface area contributed by atoms with Crippen molar-refractivity contribution < 1.29 is 4.74 Å². The first-order chi connectivity index (χ1) is 5.11. The van der Waals surface area contributed by atoms with Gasteiger partial charge in [-0.3, -0.25) is 0 Å². The summed E-state index contributed by atoms with van der Waals surface area (Å²) in [5, 5.41) is 0. The fraction of sp³-hybridized carbons (Fsp3) is 1.00. The smallest absolute Gasteiger partial charge is 0.0606 e. The lowest BCUT2D eigenvalue weighted by Gasteiger charge is -2.20. The molecule has 0 aromatic carbocycles. The monoisotopic (exact) mass is 156 g/mol. The maximum absolute atomic E-state index is 5.79. The maximum atomic E-state index is 5.79. The molecule has 11 heavy (non-hydrogen) atoms. The van der Waals surface area contributed by atoms with E-state index in [1.165, 1.54) is 12.8 Å². The summed E-state index contributed by atoms with van der Waals surface area (Å²) < 4.78 is 5.79. The molecule has 1 nitrogen and oxygen atoms in total. The highest BCUT2D eigenvalue weighted by atomic mass is 16.5. The van der Waals surface area contributed by atoms with Gasteiger partial charge in [0.2, 0.25) is 0 Å². The normalized spacial score (nSPS) is 38.5. The minimum absolute atomic E-state index is 0.396. The molecule has 3 atom stereocenters. The van der Waals surface area contributed by atoms with E-state index < -0.39 is 0 Å². The van der Waals surface area contributed by atoms with Crippen LogP contribution in [0, 0.1) is 11.8 Å². The molecule has 0 aromatic heterocycles. The summed E-state index contributed by atoms with van der Waals surface area (Å²) >= 11 is 0. The van der Waals surface area contributed by atoms with Crippen molar-refractivity contribution in [3.8, 4) is 0 Å². The SMILES string of the molecule is CC(C)OC1CCC(C)C1C. The number of ether oxygens (including phenoxy) is 1. The maximum Gasteiger partial charge on any atom is 0.0606 e. The van der Waals surface area contributed by atoms with Gasteiger partial charge in [-0.2, -0.15) is 0 Å². The van der Waals surface area contributed by atoms with Crippen LogP contribution >= 0.6 is 0 Å². The second-order valence-corrected chi connectivity index (χ2v) is 4.14. The molecule has 1 saturated carbocycles. The molecule has 1 aliphatic rings. The van der Waals surface area contributed by atoms with Crippen molar-refractivity contribution in [2.24, 2.45) is 11.8 Å². The van der Waals surface area contributed by atoms with Gasteiger partial charge in [0.25, 0.3) is 0 Å². The van der Waals surface area contributed by atoms with Gasteiger partial charge in [0, 0.05) is 0 Å². The fourth-order valence-electron chi connectivity index (χ4n) is 1.86. The van der Waals surface area contributed by atoms with Crippen molar-refractivity contribution in [1.29, 1.82) is 0 Å². The van der Waals surface area contributed by atoms with Crippen LogP contribution in [0.2, 0.25) is 0 Å². The lowest BCUT2D eigenvalue weighted by molar-refractivity contribution is -0.0135. The standard InChI is InChI=1S/C10H20O/c1-7(2)11-10-6-5-8(3)9(10)4/h7-10H,5-6H2,1-4H3. The Hall–Kier alpha value is -0.0400. The first-order valence-electron chi connectivity index (χ1n) is 4.76. The molecule has 0 saturated heterocycles. The van der Waals surface area contributed by atoms with Crippen LogP contribution in [-0.4, -0.2) is 12.2 Å². The minimum atomic E-state index is 0.396. The molecule has 0 bridgehead atoms. The summed E-state index contributed by atoms with van der Waals surface area (Å²) in [7, 11) is 0. The fourth-order valence-corrected chi connectivity index (χ4v) is 1.86. The molecule has 1 heteroatoms. The summed E-state index contributed by atoms with van der Waals surface area (Å²) in [5.74, 6) is 1.62. The Balaban J connectivity index is 2.36. The van der Waals surface area contributed by atoms with Crippen LogP contribution in [0.3, 0.4) is 0 Å². The van der Waals surface area contributed by atoms with Crippen molar-refractivity contribution >= 4 is 0 Å². The van der Waals surface area contributed by atoms with E-state index >= 15 is 0 Å². The first-order valence-corrected chi connectivity index (χ1v) is 4.76. The van der Waals surface area contributed by atoms with Gasteiger partial charge in [-0.25, -0.2) is 0 Å². The molecule has 1 aliphatic carbocycles. The van der Waals surface area contributed by atoms with Crippen molar-refractivity contribution in [3.63, 3.8) is 0 Å². The highest BCUT2D eigenvalue weighted by molar-refractivity contribution is 4.80. The molecule has 0 radical (unpaired) electrons. The Labute approximate surface area is 70.1 Å². The summed E-state index contributed by atoms with van der Waals surface area (Å²) in [6.45, 7) is 8.88. The third kappa shape index (κ3) is 2.19. The zero-order valence-corrected chi connectivity index (χ0v) is 8.13. The van der Waals surface area contributed by atoms with Gasteiger partial charge in [-0.15, -0.1) is 0 Å². The summed E-state index contributed by atoms with van der Waals surface area (Å²) in [5.41, 5.74) is 0. The highest BCUT2D eigenvalue weighted by Crippen LogP contribution is 2.33. The van der Waals surface area contributed by atoms with Gasteiger partial charge in [-0.05, 0) is 38.5 Å². The molecule has 1 fully saturated rings. The average Bonchev–Trinajstić information content (AvgIpc) is 2.18. The van der Waals surface area contributed by atoms with E-state index in [-0.39, 0.29) is 0 Å². The molecule has 0 heterocycles. The van der Waals surface area contributed by atoms with Crippen LogP contribution in [0.5, 0.6) is 0 Å². The average molecular weight is 156 g/mol. The van der Waals surface area contributed by atoms with E-state index in [0.29, 0.717) is 12.2 Å². The van der Waals surface area contributed by atoms with Crippen molar-refractivity contribution in [2.75, 3.05) is 0 Å². The van der Waals surface area contributed by atoms with Crippen molar-refractivity contribution in [2.45, 2.75) is 52.7 Å². The van der Waals surface area contributed by atoms with E-state index in [1.54, 1.807) is 0 Å². The van der Waals surface area contributed by atoms with E-state index in [1.807, 2.05) is 0 Å². The number of hydrogen-bond acceptors (Lipinski definition) is 1. The van der Waals surface area contributed by atoms with Gasteiger partial charge >= 0.3 is 0 Å². The second-order valence-electron chi connectivity index (χ2n) is 4.14. The molecule has 0 aliphatic heterocycles. The van der Waals surface area contributed by atoms with Crippen LogP contribution in [0.1, 0.15) is 40.5 Å². The molecular weight excluding hydrogens is 136 g/mol. The van der Waals surface area contributed by atoms with Crippen LogP contribution in [0.15, 0.2) is 0 Å². The topological polar surface area (TPSA) is 9.23 Å². The number of hydrogen-bond donors (Lipinski definition) is 0. The molecule has 66 valence electrons. The van der Waals surface area contributed by atoms with Gasteiger partial charge in [-0.1, -0.05) is 13.8 Å². The summed E-state index contributed by atoms with van der Waals surface area (Å²) in [4.78, 5) is 0. The second kappa shape index (κ2) is 3.57. The van der Waals surface area contributed by atoms with E-state index in [4.69, 9.17) is 4.74 Å². The first kappa shape index (κ1) is 9.05. The predicted molar refractivity (Wildman–Crippen MR) is 47.6 cm³/mol. The molecule has 1 rings (SSSR count). The Morgan fingerprint density at radius 1 is 1.18 bits per heavy atom. The van der Waals surface area contributed by atoms with E-state index in [9.17, 15) is 0 Å². The number of rotatable bonds is 2. The lowest BCUT2D eigenvalue weighted by atomic mass is 9.99. The molecular formula is C10H20O. The van der Waals surface area contributed by atoms with Crippen LogP contribution in [-0.2, 0) is 4.74 Å². The third-order valence-corrected chi connectivity index (χ3v) is 2.84. The predicted octanol–water partition coefficient (Wildman–Crippen LogP) is 2.85. The van der Waals surface area contributed by atoms with Gasteiger partial charge in [0.15, 0.2) is 0 Å². The van der Waals surface area contributed by atoms with Crippen LogP contribution in [0.4, 0.5) is 0 Å². The van der Waals surface area contributed by atoms with Crippen LogP contribution in [0.25, 0.3) is 0 Å². The van der Waals surface area contributed by atoms with Gasteiger partial charge in [0.05, 0.1) is 12.2 Å². The minimum Gasteiger partial charge on any atom is -0.375 e. The Bertz CT molecular complexity index is 120. The zero-order chi connectivity index (χ0) is 8.43. The van der Waals surface area contributed by atoms with Crippen molar-refractivity contribution in [3.05, 3.63) is 0 Å². The largest absolute Gasteiger partial charge is 0.375 e. The molecule has 0 amide bonds. The summed E-state index contributed by atoms with van der Waals surface area (Å²) in [6.07, 6.45) is 3.54.